The molecule has 0 radical (unpaired) electrons. The lowest BCUT2D eigenvalue weighted by molar-refractivity contribution is -0.384. The molecule has 7 nitrogen and oxygen atoms in total. The molecule has 0 aliphatic heterocycles. The standard InChI is InChI=1S/C17H21N3O4/c1-12(21)18-16(17(22)19-14-7-3-2-4-8-14)11-13-6-5-9-15(10-13)20(23)24/h5-6,9-11,14H,2-4,7-8H2,1H3,(H,18,21)(H,19,22)/b16-11-. The van der Waals surface area contributed by atoms with E-state index >= 15 is 0 Å². The summed E-state index contributed by atoms with van der Waals surface area (Å²) >= 11 is 0. The molecule has 1 aliphatic rings. The molecule has 1 aromatic carbocycles. The van der Waals surface area contributed by atoms with Crippen LogP contribution in [-0.4, -0.2) is 22.8 Å². The molecule has 1 fully saturated rings. The molecule has 0 atom stereocenters. The Balaban J connectivity index is 2.19. The van der Waals surface area contributed by atoms with Gasteiger partial charge >= 0.3 is 0 Å². The fourth-order valence-electron chi connectivity index (χ4n) is 2.75. The van der Waals surface area contributed by atoms with Crippen molar-refractivity contribution < 1.29 is 14.5 Å². The summed E-state index contributed by atoms with van der Waals surface area (Å²) in [4.78, 5) is 34.2. The highest BCUT2D eigenvalue weighted by Crippen LogP contribution is 2.18. The largest absolute Gasteiger partial charge is 0.348 e. The van der Waals surface area contributed by atoms with Crippen LogP contribution in [0.1, 0.15) is 44.6 Å². The molecule has 24 heavy (non-hydrogen) atoms. The maximum absolute atomic E-state index is 12.4. The summed E-state index contributed by atoms with van der Waals surface area (Å²) in [5, 5.41) is 16.3. The van der Waals surface area contributed by atoms with Gasteiger partial charge in [0.1, 0.15) is 5.70 Å². The van der Waals surface area contributed by atoms with E-state index in [0.29, 0.717) is 5.56 Å². The molecule has 0 heterocycles. The first-order chi connectivity index (χ1) is 11.5. The topological polar surface area (TPSA) is 101 Å². The summed E-state index contributed by atoms with van der Waals surface area (Å²) in [5.74, 6) is -0.742. The molecule has 0 bridgehead atoms. The molecule has 1 aromatic rings. The minimum absolute atomic E-state index is 0.0707. The Labute approximate surface area is 140 Å². The Morgan fingerprint density at radius 2 is 1.96 bits per heavy atom. The Bertz CT molecular complexity index is 664. The van der Waals surface area contributed by atoms with Crippen molar-refractivity contribution in [3.8, 4) is 0 Å². The summed E-state index contributed by atoms with van der Waals surface area (Å²) in [7, 11) is 0. The molecule has 2 rings (SSSR count). The molecule has 1 aliphatic carbocycles. The number of carbonyl (C=O) groups is 2. The molecular weight excluding hydrogens is 310 g/mol. The Morgan fingerprint density at radius 3 is 2.58 bits per heavy atom. The monoisotopic (exact) mass is 331 g/mol. The number of nitrogens with one attached hydrogen (secondary N) is 2. The van der Waals surface area contributed by atoms with E-state index in [0.717, 1.165) is 25.7 Å². The molecule has 128 valence electrons. The van der Waals surface area contributed by atoms with Gasteiger partial charge in [-0.3, -0.25) is 19.7 Å². The predicted octanol–water partition coefficient (Wildman–Crippen LogP) is 2.52. The van der Waals surface area contributed by atoms with Crippen LogP contribution in [0.25, 0.3) is 6.08 Å². The average molecular weight is 331 g/mol. The highest BCUT2D eigenvalue weighted by molar-refractivity contribution is 6.01. The molecule has 0 spiro atoms. The van der Waals surface area contributed by atoms with Gasteiger partial charge in [-0.2, -0.15) is 0 Å². The molecule has 0 unspecified atom stereocenters. The number of benzene rings is 1. The second kappa shape index (κ2) is 8.24. The minimum Gasteiger partial charge on any atom is -0.348 e. The smallest absolute Gasteiger partial charge is 0.270 e. The molecule has 0 saturated heterocycles. The third-order valence-electron chi connectivity index (χ3n) is 3.89. The van der Waals surface area contributed by atoms with Crippen molar-refractivity contribution >= 4 is 23.6 Å². The van der Waals surface area contributed by atoms with Crippen LogP contribution in [0.4, 0.5) is 5.69 Å². The number of non-ortho nitro benzene ring substituents is 1. The van der Waals surface area contributed by atoms with Crippen molar-refractivity contribution in [3.05, 3.63) is 45.6 Å². The van der Waals surface area contributed by atoms with Crippen molar-refractivity contribution in [1.82, 2.24) is 10.6 Å². The van der Waals surface area contributed by atoms with Gasteiger partial charge in [0.15, 0.2) is 0 Å². The van der Waals surface area contributed by atoms with Gasteiger partial charge in [-0.15, -0.1) is 0 Å². The van der Waals surface area contributed by atoms with Gasteiger partial charge in [0, 0.05) is 25.1 Å². The lowest BCUT2D eigenvalue weighted by Gasteiger charge is -2.23. The number of nitro groups is 1. The number of nitro benzene ring substituents is 1. The summed E-state index contributed by atoms with van der Waals surface area (Å²) < 4.78 is 0. The summed E-state index contributed by atoms with van der Waals surface area (Å²) in [5.41, 5.74) is 0.499. The van der Waals surface area contributed by atoms with E-state index < -0.39 is 4.92 Å². The van der Waals surface area contributed by atoms with Crippen molar-refractivity contribution in [2.24, 2.45) is 0 Å². The Hall–Kier alpha value is -2.70. The van der Waals surface area contributed by atoms with E-state index in [-0.39, 0.29) is 29.2 Å². The van der Waals surface area contributed by atoms with Gasteiger partial charge in [0.25, 0.3) is 11.6 Å². The fraction of sp³-hybridized carbons (Fsp3) is 0.412. The van der Waals surface area contributed by atoms with Crippen LogP contribution in [-0.2, 0) is 9.59 Å². The third kappa shape index (κ3) is 5.19. The number of amides is 2. The van der Waals surface area contributed by atoms with Gasteiger partial charge < -0.3 is 10.6 Å². The quantitative estimate of drug-likeness (QED) is 0.492. The molecule has 7 heteroatoms. The highest BCUT2D eigenvalue weighted by atomic mass is 16.6. The van der Waals surface area contributed by atoms with Gasteiger partial charge in [-0.25, -0.2) is 0 Å². The second-order valence-corrected chi connectivity index (χ2v) is 5.90. The van der Waals surface area contributed by atoms with E-state index in [1.165, 1.54) is 37.6 Å². The molecule has 0 aromatic heterocycles. The average Bonchev–Trinajstić information content (AvgIpc) is 2.55. The van der Waals surface area contributed by atoms with Gasteiger partial charge in [-0.1, -0.05) is 31.4 Å². The van der Waals surface area contributed by atoms with Crippen LogP contribution in [0, 0.1) is 10.1 Å². The summed E-state index contributed by atoms with van der Waals surface area (Å²) in [6.45, 7) is 1.31. The van der Waals surface area contributed by atoms with E-state index in [1.807, 2.05) is 0 Å². The van der Waals surface area contributed by atoms with Crippen LogP contribution in [0.3, 0.4) is 0 Å². The van der Waals surface area contributed by atoms with Gasteiger partial charge in [0.2, 0.25) is 5.91 Å². The fourth-order valence-corrected chi connectivity index (χ4v) is 2.75. The van der Waals surface area contributed by atoms with Crippen molar-refractivity contribution in [2.75, 3.05) is 0 Å². The van der Waals surface area contributed by atoms with E-state index in [2.05, 4.69) is 10.6 Å². The minimum atomic E-state index is -0.502. The number of hydrogen-bond acceptors (Lipinski definition) is 4. The molecular formula is C17H21N3O4. The first-order valence-corrected chi connectivity index (χ1v) is 8.00. The van der Waals surface area contributed by atoms with Crippen LogP contribution >= 0.6 is 0 Å². The SMILES string of the molecule is CC(=O)N/C(=C\c1cccc([N+](=O)[O-])c1)C(=O)NC1CCCCC1. The van der Waals surface area contributed by atoms with Crippen LogP contribution < -0.4 is 10.6 Å². The lowest BCUT2D eigenvalue weighted by atomic mass is 9.95. The van der Waals surface area contributed by atoms with E-state index in [4.69, 9.17) is 0 Å². The van der Waals surface area contributed by atoms with Crippen molar-refractivity contribution in [3.63, 3.8) is 0 Å². The first-order valence-electron chi connectivity index (χ1n) is 8.00. The number of nitrogens with zero attached hydrogens (tertiary/aromatic N) is 1. The maximum atomic E-state index is 12.4. The van der Waals surface area contributed by atoms with Gasteiger partial charge in [0.05, 0.1) is 4.92 Å². The third-order valence-corrected chi connectivity index (χ3v) is 3.89. The molecule has 1 saturated carbocycles. The Kier molecular flexibility index (Phi) is 6.06. The number of rotatable bonds is 5. The predicted molar refractivity (Wildman–Crippen MR) is 89.9 cm³/mol. The summed E-state index contributed by atoms with van der Waals surface area (Å²) in [6.07, 6.45) is 6.64. The zero-order chi connectivity index (χ0) is 17.5. The van der Waals surface area contributed by atoms with Crippen LogP contribution in [0.2, 0.25) is 0 Å². The van der Waals surface area contributed by atoms with E-state index in [9.17, 15) is 19.7 Å². The van der Waals surface area contributed by atoms with Crippen molar-refractivity contribution in [2.45, 2.75) is 45.1 Å². The van der Waals surface area contributed by atoms with Crippen LogP contribution in [0.15, 0.2) is 30.0 Å². The van der Waals surface area contributed by atoms with Gasteiger partial charge in [-0.05, 0) is 24.5 Å². The zero-order valence-electron chi connectivity index (χ0n) is 13.6. The lowest BCUT2D eigenvalue weighted by Crippen LogP contribution is -2.40. The second-order valence-electron chi connectivity index (χ2n) is 5.90. The molecule has 2 N–H and O–H groups in total. The Morgan fingerprint density at radius 1 is 1.25 bits per heavy atom. The highest BCUT2D eigenvalue weighted by Gasteiger charge is 2.19. The number of carbonyl (C=O) groups excluding carboxylic acids is 2. The number of hydrogen-bond donors (Lipinski definition) is 2. The summed E-state index contributed by atoms with van der Waals surface area (Å²) in [6, 6.07) is 6.01. The normalized spacial score (nSPS) is 15.6. The molecule has 2 amide bonds. The van der Waals surface area contributed by atoms with E-state index in [1.54, 1.807) is 6.07 Å². The zero-order valence-corrected chi connectivity index (χ0v) is 13.6. The maximum Gasteiger partial charge on any atom is 0.270 e. The first kappa shape index (κ1) is 17.7. The van der Waals surface area contributed by atoms with Crippen molar-refractivity contribution in [1.29, 1.82) is 0 Å². The van der Waals surface area contributed by atoms with Crippen LogP contribution in [0.5, 0.6) is 0 Å².